The molecule has 3 aliphatic rings. The van der Waals surface area contributed by atoms with Crippen molar-refractivity contribution in [3.8, 4) is 12.1 Å². The molecule has 2 unspecified atom stereocenters. The lowest BCUT2D eigenvalue weighted by Gasteiger charge is -2.45. The maximum absolute atomic E-state index is 15.0. The molecular formula is C32H29ClF3N7O3. The van der Waals surface area contributed by atoms with Crippen molar-refractivity contribution in [3.05, 3.63) is 71.8 Å². The van der Waals surface area contributed by atoms with Gasteiger partial charge in [-0.05, 0) is 43.5 Å². The van der Waals surface area contributed by atoms with Gasteiger partial charge >= 0.3 is 0 Å². The third kappa shape index (κ3) is 6.46. The van der Waals surface area contributed by atoms with E-state index >= 15 is 4.39 Å². The van der Waals surface area contributed by atoms with E-state index in [-0.39, 0.29) is 48.6 Å². The largest absolute Gasteiger partial charge is 0.352 e. The number of anilines is 2. The van der Waals surface area contributed by atoms with E-state index in [1.807, 2.05) is 12.1 Å². The van der Waals surface area contributed by atoms with Gasteiger partial charge in [0.1, 0.15) is 29.7 Å². The van der Waals surface area contributed by atoms with Gasteiger partial charge in [0, 0.05) is 42.6 Å². The Kier molecular flexibility index (Phi) is 9.17. The zero-order valence-electron chi connectivity index (χ0n) is 24.7. The molecule has 0 spiro atoms. The molecule has 14 heteroatoms. The number of amides is 3. The van der Waals surface area contributed by atoms with Gasteiger partial charge in [-0.25, -0.2) is 23.1 Å². The Labute approximate surface area is 268 Å². The van der Waals surface area contributed by atoms with Crippen molar-refractivity contribution in [1.82, 2.24) is 15.3 Å². The number of nitrogens with one attached hydrogen (secondary N) is 1. The van der Waals surface area contributed by atoms with Gasteiger partial charge < -0.3 is 5.32 Å². The van der Waals surface area contributed by atoms with E-state index < -0.39 is 71.2 Å². The molecule has 1 N–H and O–H groups in total. The summed E-state index contributed by atoms with van der Waals surface area (Å²) in [6.07, 6.45) is 6.81. The molecular weight excluding hydrogens is 623 g/mol. The van der Waals surface area contributed by atoms with Crippen molar-refractivity contribution in [3.63, 3.8) is 0 Å². The van der Waals surface area contributed by atoms with Crippen LogP contribution in [0.5, 0.6) is 0 Å². The van der Waals surface area contributed by atoms with Crippen LogP contribution in [0, 0.1) is 33.9 Å². The van der Waals surface area contributed by atoms with Gasteiger partial charge in [-0.3, -0.25) is 24.2 Å². The smallest absolute Gasteiger partial charge is 0.251 e. The molecule has 1 aromatic heterocycles. The van der Waals surface area contributed by atoms with E-state index in [0.29, 0.717) is 0 Å². The first-order valence-electron chi connectivity index (χ1n) is 14.6. The van der Waals surface area contributed by atoms with Gasteiger partial charge in [-0.1, -0.05) is 31.2 Å². The third-order valence-electron chi connectivity index (χ3n) is 8.60. The summed E-state index contributed by atoms with van der Waals surface area (Å²) in [6.45, 7) is 1.63. The summed E-state index contributed by atoms with van der Waals surface area (Å²) in [4.78, 5) is 52.6. The van der Waals surface area contributed by atoms with Crippen molar-refractivity contribution >= 4 is 41.0 Å². The zero-order chi connectivity index (χ0) is 33.2. The van der Waals surface area contributed by atoms with Crippen LogP contribution in [0.4, 0.5) is 24.8 Å². The van der Waals surface area contributed by atoms with Crippen molar-refractivity contribution in [2.24, 2.45) is 5.41 Å². The number of aromatic nitrogens is 2. The SMILES string of the molecule is CC1([C@@H](C(=O)NC2CCC(F)(F)CC2)N(C(=O)[C@@H]2CCC(=O)N2c2nccc(C#N)n2)c2cc(F)cc(C#N)c2)C=CC=CC1Cl. The van der Waals surface area contributed by atoms with Gasteiger partial charge in [-0.15, -0.1) is 11.6 Å². The number of hydrogen-bond acceptors (Lipinski definition) is 7. The number of hydrogen-bond donors (Lipinski definition) is 1. The molecule has 3 amide bonds. The first-order valence-corrected chi connectivity index (χ1v) is 15.1. The van der Waals surface area contributed by atoms with Gasteiger partial charge in [0.15, 0.2) is 0 Å². The molecule has 4 atom stereocenters. The van der Waals surface area contributed by atoms with Gasteiger partial charge in [0.25, 0.3) is 5.91 Å². The van der Waals surface area contributed by atoms with Crippen LogP contribution in [0.3, 0.4) is 0 Å². The van der Waals surface area contributed by atoms with Gasteiger partial charge in [0.2, 0.25) is 23.7 Å². The highest BCUT2D eigenvalue weighted by molar-refractivity contribution is 6.23. The average Bonchev–Trinajstić information content (AvgIpc) is 3.42. The standard InChI is InChI=1S/C32H29ClF3N7O3/c1-31(10-3-2-4-25(31)33)27(28(45)40-21-7-11-32(35,36)12-8-21)42(23-15-19(17-37)14-20(34)16-23)29(46)24-5-6-26(44)43(24)30-39-13-9-22(18-38)41-30/h2-4,9-10,13-16,21,24-25,27H,5-8,11-12H2,1H3,(H,40,45)/t24-,25?,27+,31?/m0/s1. The molecule has 5 rings (SSSR count). The number of nitrogens with zero attached hydrogens (tertiary/aromatic N) is 6. The predicted molar refractivity (Wildman–Crippen MR) is 161 cm³/mol. The summed E-state index contributed by atoms with van der Waals surface area (Å²) < 4.78 is 42.9. The molecule has 1 saturated carbocycles. The van der Waals surface area contributed by atoms with Crippen LogP contribution in [0.25, 0.3) is 0 Å². The molecule has 2 fully saturated rings. The van der Waals surface area contributed by atoms with Gasteiger partial charge in [0.05, 0.1) is 17.0 Å². The first kappa shape index (κ1) is 32.6. The maximum Gasteiger partial charge on any atom is 0.251 e. The summed E-state index contributed by atoms with van der Waals surface area (Å²) >= 11 is 6.81. The topological polar surface area (TPSA) is 143 Å². The van der Waals surface area contributed by atoms with Crippen LogP contribution >= 0.6 is 11.6 Å². The number of rotatable bonds is 7. The number of halogens is 4. The second kappa shape index (κ2) is 12.9. The van der Waals surface area contributed by atoms with Crippen molar-refractivity contribution < 1.29 is 27.6 Å². The molecule has 1 aliphatic heterocycles. The minimum atomic E-state index is -2.86. The minimum absolute atomic E-state index is 0.00775. The summed E-state index contributed by atoms with van der Waals surface area (Å²) in [5, 5.41) is 21.0. The lowest BCUT2D eigenvalue weighted by Crippen LogP contribution is -2.63. The fraction of sp³-hybridized carbons (Fsp3) is 0.406. The highest BCUT2D eigenvalue weighted by Gasteiger charge is 2.52. The number of nitriles is 2. The monoisotopic (exact) mass is 651 g/mol. The Bertz CT molecular complexity index is 1690. The molecule has 2 aliphatic carbocycles. The number of alkyl halides is 3. The Balaban J connectivity index is 1.65. The first-order chi connectivity index (χ1) is 21.9. The van der Waals surface area contributed by atoms with Crippen LogP contribution in [0.1, 0.15) is 56.7 Å². The Hall–Kier alpha value is -4.75. The Morgan fingerprint density at radius 2 is 1.89 bits per heavy atom. The van der Waals surface area contributed by atoms with Crippen molar-refractivity contribution in [2.45, 2.75) is 74.9 Å². The molecule has 0 bridgehead atoms. The highest BCUT2D eigenvalue weighted by Crippen LogP contribution is 2.42. The third-order valence-corrected chi connectivity index (χ3v) is 9.21. The minimum Gasteiger partial charge on any atom is -0.352 e. The summed E-state index contributed by atoms with van der Waals surface area (Å²) in [6, 6.07) is 4.79. The number of benzene rings is 1. The predicted octanol–water partition coefficient (Wildman–Crippen LogP) is 4.69. The quantitative estimate of drug-likeness (QED) is 0.428. The molecule has 2 heterocycles. The fourth-order valence-corrected chi connectivity index (χ4v) is 6.42. The zero-order valence-corrected chi connectivity index (χ0v) is 25.4. The van der Waals surface area contributed by atoms with E-state index in [9.17, 15) is 33.7 Å². The molecule has 238 valence electrons. The molecule has 0 radical (unpaired) electrons. The number of carbonyl (C=O) groups is 3. The lowest BCUT2D eigenvalue weighted by atomic mass is 9.74. The summed E-state index contributed by atoms with van der Waals surface area (Å²) in [7, 11) is 0. The second-order valence-corrected chi connectivity index (χ2v) is 12.2. The van der Waals surface area contributed by atoms with Crippen LogP contribution in [-0.2, 0) is 14.4 Å². The molecule has 10 nitrogen and oxygen atoms in total. The molecule has 1 aromatic carbocycles. The van der Waals surface area contributed by atoms with Crippen LogP contribution in [0.15, 0.2) is 54.8 Å². The Morgan fingerprint density at radius 1 is 1.15 bits per heavy atom. The normalized spacial score (nSPS) is 24.6. The average molecular weight is 652 g/mol. The van der Waals surface area contributed by atoms with E-state index in [1.165, 1.54) is 18.3 Å². The second-order valence-electron chi connectivity index (χ2n) is 11.7. The van der Waals surface area contributed by atoms with E-state index in [2.05, 4.69) is 15.3 Å². The fourth-order valence-electron chi connectivity index (χ4n) is 6.15. The number of carbonyl (C=O) groups excluding carboxylic acids is 3. The highest BCUT2D eigenvalue weighted by atomic mass is 35.5. The van der Waals surface area contributed by atoms with E-state index in [4.69, 9.17) is 11.6 Å². The molecule has 1 saturated heterocycles. The Morgan fingerprint density at radius 3 is 2.57 bits per heavy atom. The number of allylic oxidation sites excluding steroid dienone is 3. The lowest BCUT2D eigenvalue weighted by molar-refractivity contribution is -0.130. The van der Waals surface area contributed by atoms with Crippen molar-refractivity contribution in [2.75, 3.05) is 9.80 Å². The van der Waals surface area contributed by atoms with E-state index in [1.54, 1.807) is 31.2 Å². The summed E-state index contributed by atoms with van der Waals surface area (Å²) in [5.41, 5.74) is -1.70. The summed E-state index contributed by atoms with van der Waals surface area (Å²) in [5.74, 6) is -6.01. The van der Waals surface area contributed by atoms with Crippen LogP contribution in [0.2, 0.25) is 0 Å². The molecule has 46 heavy (non-hydrogen) atoms. The van der Waals surface area contributed by atoms with Gasteiger partial charge in [-0.2, -0.15) is 10.5 Å². The van der Waals surface area contributed by atoms with E-state index in [0.717, 1.165) is 21.9 Å². The van der Waals surface area contributed by atoms with Crippen LogP contribution < -0.4 is 15.1 Å². The maximum atomic E-state index is 15.0. The molecule has 2 aromatic rings. The van der Waals surface area contributed by atoms with Crippen molar-refractivity contribution in [1.29, 1.82) is 10.5 Å². The van der Waals surface area contributed by atoms with Crippen LogP contribution in [-0.4, -0.2) is 57.1 Å².